The minimum Gasteiger partial charge on any atom is -0.293 e. The van der Waals surface area contributed by atoms with E-state index in [1.807, 2.05) is 12.1 Å². The fourth-order valence-electron chi connectivity index (χ4n) is 2.38. The van der Waals surface area contributed by atoms with Crippen molar-refractivity contribution in [3.05, 3.63) is 30.1 Å². The van der Waals surface area contributed by atoms with Crippen molar-refractivity contribution in [2.24, 2.45) is 11.3 Å². The smallest absolute Gasteiger partial charge is 0.170 e. The lowest BCUT2D eigenvalue weighted by Gasteiger charge is -2.11. The lowest BCUT2D eigenvalue weighted by molar-refractivity contribution is 0.0881. The molecule has 0 amide bonds. The molecule has 0 atom stereocenters. The number of rotatable bonds is 3. The average Bonchev–Trinajstić information content (AvgIpc) is 3.07. The number of carbonyl (C=O) groups excluding carboxylic acids is 1. The van der Waals surface area contributed by atoms with Gasteiger partial charge in [0.2, 0.25) is 0 Å². The number of ketones is 1. The summed E-state index contributed by atoms with van der Waals surface area (Å²) in [5.74, 6) is 1.03. The van der Waals surface area contributed by atoms with E-state index < -0.39 is 0 Å². The Labute approximate surface area is 83.4 Å². The van der Waals surface area contributed by atoms with Crippen LogP contribution >= 0.6 is 0 Å². The Morgan fingerprint density at radius 1 is 1.43 bits per heavy atom. The van der Waals surface area contributed by atoms with E-state index in [1.54, 1.807) is 12.4 Å². The monoisotopic (exact) mass is 187 g/mol. The first-order valence-electron chi connectivity index (χ1n) is 5.28. The zero-order chi connectivity index (χ0) is 9.60. The molecule has 2 aliphatic carbocycles. The fourth-order valence-corrected chi connectivity index (χ4v) is 2.38. The molecule has 0 aromatic carbocycles. The summed E-state index contributed by atoms with van der Waals surface area (Å²) in [5, 5.41) is 0. The Morgan fingerprint density at radius 2 is 2.21 bits per heavy atom. The molecule has 2 heteroatoms. The summed E-state index contributed by atoms with van der Waals surface area (Å²) in [6, 6.07) is 3.73. The van der Waals surface area contributed by atoms with Crippen molar-refractivity contribution in [3.8, 4) is 0 Å². The molecule has 0 saturated heterocycles. The van der Waals surface area contributed by atoms with Gasteiger partial charge in [0.25, 0.3) is 0 Å². The van der Waals surface area contributed by atoms with Gasteiger partial charge in [-0.1, -0.05) is 0 Å². The molecule has 2 fully saturated rings. The van der Waals surface area contributed by atoms with Crippen LogP contribution in [0.4, 0.5) is 0 Å². The summed E-state index contributed by atoms with van der Waals surface area (Å²) in [5.41, 5.74) is 0.847. The Hall–Kier alpha value is -1.18. The third-order valence-corrected chi connectivity index (χ3v) is 3.52. The van der Waals surface area contributed by atoms with E-state index in [-0.39, 0.29) is 5.41 Å². The predicted octanol–water partition coefficient (Wildman–Crippen LogP) is 2.45. The van der Waals surface area contributed by atoms with Crippen molar-refractivity contribution < 1.29 is 4.79 Å². The third-order valence-electron chi connectivity index (χ3n) is 3.52. The van der Waals surface area contributed by atoms with E-state index in [0.717, 1.165) is 18.4 Å². The highest BCUT2D eigenvalue weighted by Gasteiger charge is 2.58. The highest BCUT2D eigenvalue weighted by atomic mass is 16.1. The van der Waals surface area contributed by atoms with Gasteiger partial charge in [-0.3, -0.25) is 9.78 Å². The van der Waals surface area contributed by atoms with Crippen LogP contribution in [0.15, 0.2) is 24.5 Å². The molecule has 0 spiro atoms. The van der Waals surface area contributed by atoms with Crippen LogP contribution in [-0.2, 0) is 0 Å². The van der Waals surface area contributed by atoms with Crippen LogP contribution in [0.3, 0.4) is 0 Å². The maximum Gasteiger partial charge on any atom is 0.170 e. The van der Waals surface area contributed by atoms with Gasteiger partial charge in [-0.25, -0.2) is 0 Å². The maximum absolute atomic E-state index is 12.2. The number of aromatic nitrogens is 1. The van der Waals surface area contributed by atoms with Crippen LogP contribution < -0.4 is 0 Å². The van der Waals surface area contributed by atoms with Gasteiger partial charge in [0.05, 0.1) is 0 Å². The van der Waals surface area contributed by atoms with Crippen LogP contribution in [-0.4, -0.2) is 10.8 Å². The fraction of sp³-hybridized carbons (Fsp3) is 0.500. The van der Waals surface area contributed by atoms with Crippen LogP contribution in [0.1, 0.15) is 36.0 Å². The number of Topliss-reactive ketones (excluding diaryl/α,β-unsaturated/α-hetero) is 1. The van der Waals surface area contributed by atoms with Crippen LogP contribution in [0.2, 0.25) is 0 Å². The molecule has 1 heterocycles. The second kappa shape index (κ2) is 2.66. The summed E-state index contributed by atoms with van der Waals surface area (Å²) in [7, 11) is 0. The predicted molar refractivity (Wildman–Crippen MR) is 53.0 cm³/mol. The van der Waals surface area contributed by atoms with Crippen LogP contribution in [0.25, 0.3) is 0 Å². The van der Waals surface area contributed by atoms with Crippen molar-refractivity contribution in [2.45, 2.75) is 25.7 Å². The van der Waals surface area contributed by atoms with E-state index in [9.17, 15) is 4.79 Å². The summed E-state index contributed by atoms with van der Waals surface area (Å²) in [6.45, 7) is 0. The molecule has 0 bridgehead atoms. The number of nitrogens with zero attached hydrogens (tertiary/aromatic N) is 1. The minimum absolute atomic E-state index is 0.0447. The molecule has 1 aromatic heterocycles. The number of carbonyl (C=O) groups is 1. The molecule has 2 aliphatic rings. The summed E-state index contributed by atoms with van der Waals surface area (Å²) >= 11 is 0. The van der Waals surface area contributed by atoms with Crippen molar-refractivity contribution in [3.63, 3.8) is 0 Å². The molecule has 2 nitrogen and oxygen atoms in total. The Balaban J connectivity index is 1.89. The highest BCUT2D eigenvalue weighted by molar-refractivity contribution is 6.02. The van der Waals surface area contributed by atoms with E-state index in [4.69, 9.17) is 0 Å². The quantitative estimate of drug-likeness (QED) is 0.680. The van der Waals surface area contributed by atoms with Gasteiger partial charge in [0, 0.05) is 23.4 Å². The van der Waals surface area contributed by atoms with Crippen molar-refractivity contribution in [2.75, 3.05) is 0 Å². The van der Waals surface area contributed by atoms with Gasteiger partial charge in [0.1, 0.15) is 0 Å². The Bertz CT molecular complexity index is 363. The molecule has 72 valence electrons. The maximum atomic E-state index is 12.2. The van der Waals surface area contributed by atoms with E-state index in [0.29, 0.717) is 11.7 Å². The molecule has 0 unspecified atom stereocenters. The van der Waals surface area contributed by atoms with Crippen LogP contribution in [0, 0.1) is 11.3 Å². The first-order valence-corrected chi connectivity index (χ1v) is 5.28. The van der Waals surface area contributed by atoms with Crippen molar-refractivity contribution in [1.82, 2.24) is 4.98 Å². The van der Waals surface area contributed by atoms with Gasteiger partial charge < -0.3 is 0 Å². The van der Waals surface area contributed by atoms with E-state index in [2.05, 4.69) is 4.98 Å². The first-order chi connectivity index (χ1) is 6.83. The number of hydrogen-bond donors (Lipinski definition) is 0. The number of hydrogen-bond acceptors (Lipinski definition) is 2. The number of pyridine rings is 1. The zero-order valence-electron chi connectivity index (χ0n) is 8.07. The standard InChI is InChI=1S/C12H13NO/c14-11(9-2-1-7-13-8-9)12(5-6-12)10-3-4-10/h1-2,7-8,10H,3-6H2. The molecular formula is C12H13NO. The molecule has 0 N–H and O–H groups in total. The van der Waals surface area contributed by atoms with Gasteiger partial charge in [-0.05, 0) is 43.7 Å². The Kier molecular flexibility index (Phi) is 1.55. The third kappa shape index (κ3) is 1.10. The lowest BCUT2D eigenvalue weighted by atomic mass is 9.91. The van der Waals surface area contributed by atoms with Gasteiger partial charge in [-0.15, -0.1) is 0 Å². The second-order valence-electron chi connectivity index (χ2n) is 4.50. The molecule has 2 saturated carbocycles. The molecule has 3 rings (SSSR count). The Morgan fingerprint density at radius 3 is 2.71 bits per heavy atom. The summed E-state index contributed by atoms with van der Waals surface area (Å²) in [6.07, 6.45) is 8.13. The SMILES string of the molecule is O=C(c1cccnc1)C1(C2CC2)CC1. The van der Waals surface area contributed by atoms with E-state index >= 15 is 0 Å². The largest absolute Gasteiger partial charge is 0.293 e. The zero-order valence-corrected chi connectivity index (χ0v) is 8.07. The topological polar surface area (TPSA) is 30.0 Å². The molecular weight excluding hydrogens is 174 g/mol. The van der Waals surface area contributed by atoms with Crippen molar-refractivity contribution >= 4 is 5.78 Å². The first kappa shape index (κ1) is 8.16. The normalized spacial score (nSPS) is 23.1. The average molecular weight is 187 g/mol. The van der Waals surface area contributed by atoms with E-state index in [1.165, 1.54) is 12.8 Å². The minimum atomic E-state index is 0.0447. The molecule has 0 radical (unpaired) electrons. The summed E-state index contributed by atoms with van der Waals surface area (Å²) < 4.78 is 0. The van der Waals surface area contributed by atoms with Crippen LogP contribution in [0.5, 0.6) is 0 Å². The van der Waals surface area contributed by atoms with Gasteiger partial charge in [-0.2, -0.15) is 0 Å². The second-order valence-corrected chi connectivity index (χ2v) is 4.50. The highest BCUT2D eigenvalue weighted by Crippen LogP contribution is 2.62. The molecule has 0 aliphatic heterocycles. The lowest BCUT2D eigenvalue weighted by Crippen LogP contribution is -2.18. The molecule has 14 heavy (non-hydrogen) atoms. The van der Waals surface area contributed by atoms with Gasteiger partial charge in [0.15, 0.2) is 5.78 Å². The molecule has 1 aromatic rings. The summed E-state index contributed by atoms with van der Waals surface area (Å²) in [4.78, 5) is 16.2. The van der Waals surface area contributed by atoms with Gasteiger partial charge >= 0.3 is 0 Å². The van der Waals surface area contributed by atoms with Crippen molar-refractivity contribution in [1.29, 1.82) is 0 Å².